The largest absolute Gasteiger partial charge is 0.414 e. The Morgan fingerprint density at radius 1 is 1.08 bits per heavy atom. The smallest absolute Gasteiger partial charge is 0.184 e. The molecule has 146 valence electrons. The van der Waals surface area contributed by atoms with E-state index in [9.17, 15) is 0 Å². The van der Waals surface area contributed by atoms with E-state index < -0.39 is 8.32 Å². The topological polar surface area (TPSA) is 9.23 Å². The van der Waals surface area contributed by atoms with Crippen molar-refractivity contribution in [1.82, 2.24) is 0 Å². The van der Waals surface area contributed by atoms with Crippen LogP contribution in [-0.4, -0.2) is 14.4 Å². The highest BCUT2D eigenvalue weighted by atomic mass is 28.4. The number of rotatable bonds is 7. The Balaban J connectivity index is 2.10. The molecule has 0 bridgehead atoms. The zero-order valence-electron chi connectivity index (χ0n) is 18.3. The molecule has 0 aromatic rings. The van der Waals surface area contributed by atoms with Crippen LogP contribution in [-0.2, 0) is 4.43 Å². The van der Waals surface area contributed by atoms with Crippen LogP contribution in [0.15, 0.2) is 12.2 Å². The summed E-state index contributed by atoms with van der Waals surface area (Å²) < 4.78 is 6.65. The Bertz CT molecular complexity index is 449. The molecule has 0 amide bonds. The molecule has 0 saturated heterocycles. The predicted molar refractivity (Wildman–Crippen MR) is 113 cm³/mol. The van der Waals surface area contributed by atoms with Crippen LogP contribution < -0.4 is 0 Å². The van der Waals surface area contributed by atoms with Crippen molar-refractivity contribution in [2.75, 3.05) is 0 Å². The van der Waals surface area contributed by atoms with E-state index in [1.165, 1.54) is 38.5 Å². The maximum Gasteiger partial charge on any atom is 0.184 e. The molecule has 2 heteroatoms. The lowest BCUT2D eigenvalue weighted by atomic mass is 9.62. The molecule has 0 heterocycles. The summed E-state index contributed by atoms with van der Waals surface area (Å²) in [5.74, 6) is 3.83. The van der Waals surface area contributed by atoms with Gasteiger partial charge in [-0.3, -0.25) is 0 Å². The second-order valence-corrected chi connectivity index (χ2v) is 15.0. The minimum atomic E-state index is -1.45. The van der Waals surface area contributed by atoms with Gasteiger partial charge in [0, 0.05) is 6.10 Å². The normalized spacial score (nSPS) is 36.0. The van der Waals surface area contributed by atoms with Gasteiger partial charge in [0.1, 0.15) is 0 Å². The summed E-state index contributed by atoms with van der Waals surface area (Å²) in [5, 5.41) is 0. The molecule has 2 fully saturated rings. The average molecular weight is 365 g/mol. The molecule has 0 aromatic carbocycles. The Morgan fingerprint density at radius 2 is 1.76 bits per heavy atom. The van der Waals surface area contributed by atoms with Gasteiger partial charge in [-0.25, -0.2) is 0 Å². The summed E-state index contributed by atoms with van der Waals surface area (Å²) in [7, 11) is -1.45. The molecule has 2 aliphatic carbocycles. The molecule has 0 N–H and O–H groups in total. The van der Waals surface area contributed by atoms with Crippen molar-refractivity contribution in [1.29, 1.82) is 0 Å². The standard InChI is InChI=1S/C23H44OSi/c1-9-19(17(2)3)13-12-18(4)20-14-15-21-22(24-25(6,7)8)11-10-16-23(20,21)5/h12-13,17-22H,9-11,14-16H2,1-8H3/t18-,19-,20-,21+,22+,23-/m1/s1. The van der Waals surface area contributed by atoms with Gasteiger partial charge in [0.15, 0.2) is 8.32 Å². The molecule has 0 spiro atoms. The first-order chi connectivity index (χ1) is 11.6. The number of allylic oxidation sites excluding steroid dienone is 2. The Morgan fingerprint density at radius 3 is 2.32 bits per heavy atom. The average Bonchev–Trinajstić information content (AvgIpc) is 2.84. The second-order valence-electron chi connectivity index (χ2n) is 10.5. The van der Waals surface area contributed by atoms with E-state index in [0.717, 1.165) is 23.7 Å². The van der Waals surface area contributed by atoms with Gasteiger partial charge in [-0.1, -0.05) is 53.2 Å². The van der Waals surface area contributed by atoms with E-state index in [0.29, 0.717) is 17.4 Å². The molecule has 1 nitrogen and oxygen atoms in total. The fourth-order valence-electron chi connectivity index (χ4n) is 5.90. The zero-order valence-corrected chi connectivity index (χ0v) is 19.3. The van der Waals surface area contributed by atoms with Gasteiger partial charge in [-0.2, -0.15) is 0 Å². The fourth-order valence-corrected chi connectivity index (χ4v) is 7.09. The third kappa shape index (κ3) is 5.00. The minimum Gasteiger partial charge on any atom is -0.414 e. The summed E-state index contributed by atoms with van der Waals surface area (Å²) in [6.07, 6.45) is 13.7. The Labute approximate surface area is 159 Å². The van der Waals surface area contributed by atoms with Crippen LogP contribution in [0.25, 0.3) is 0 Å². The molecular weight excluding hydrogens is 320 g/mol. The van der Waals surface area contributed by atoms with Crippen molar-refractivity contribution in [2.45, 2.75) is 98.9 Å². The van der Waals surface area contributed by atoms with E-state index in [-0.39, 0.29) is 0 Å². The Kier molecular flexibility index (Phi) is 7.04. The maximum atomic E-state index is 6.65. The first kappa shape index (κ1) is 21.2. The first-order valence-corrected chi connectivity index (χ1v) is 14.4. The molecule has 25 heavy (non-hydrogen) atoms. The lowest BCUT2D eigenvalue weighted by Crippen LogP contribution is -2.46. The molecular formula is C23H44OSi. The van der Waals surface area contributed by atoms with Gasteiger partial charge < -0.3 is 4.43 Å². The van der Waals surface area contributed by atoms with Crippen LogP contribution in [0.1, 0.15) is 73.1 Å². The van der Waals surface area contributed by atoms with Crippen molar-refractivity contribution < 1.29 is 4.43 Å². The van der Waals surface area contributed by atoms with E-state index in [1.54, 1.807) is 0 Å². The molecule has 0 radical (unpaired) electrons. The van der Waals surface area contributed by atoms with Crippen molar-refractivity contribution in [2.24, 2.45) is 35.0 Å². The van der Waals surface area contributed by atoms with Gasteiger partial charge in [0.2, 0.25) is 0 Å². The zero-order chi connectivity index (χ0) is 18.8. The van der Waals surface area contributed by atoms with Crippen LogP contribution in [0, 0.1) is 35.0 Å². The van der Waals surface area contributed by atoms with E-state index in [2.05, 4.69) is 66.4 Å². The summed E-state index contributed by atoms with van der Waals surface area (Å²) in [5.41, 5.74) is 0.492. The quantitative estimate of drug-likeness (QED) is 0.340. The summed E-state index contributed by atoms with van der Waals surface area (Å²) in [6, 6.07) is 0. The van der Waals surface area contributed by atoms with Gasteiger partial charge >= 0.3 is 0 Å². The highest BCUT2D eigenvalue weighted by Gasteiger charge is 2.53. The number of hydrogen-bond acceptors (Lipinski definition) is 1. The van der Waals surface area contributed by atoms with Crippen molar-refractivity contribution in [3.8, 4) is 0 Å². The van der Waals surface area contributed by atoms with Crippen LogP contribution in [0.4, 0.5) is 0 Å². The van der Waals surface area contributed by atoms with Gasteiger partial charge in [-0.05, 0) is 86.7 Å². The number of hydrogen-bond donors (Lipinski definition) is 0. The second kappa shape index (κ2) is 8.29. The summed E-state index contributed by atoms with van der Waals surface area (Å²) in [4.78, 5) is 0. The predicted octanol–water partition coefficient (Wildman–Crippen LogP) is 7.30. The fraction of sp³-hybridized carbons (Fsp3) is 0.913. The first-order valence-electron chi connectivity index (χ1n) is 10.9. The molecule has 2 saturated carbocycles. The Hall–Kier alpha value is -0.0831. The maximum absolute atomic E-state index is 6.65. The minimum absolute atomic E-state index is 0.492. The van der Waals surface area contributed by atoms with Crippen LogP contribution in [0.3, 0.4) is 0 Å². The summed E-state index contributed by atoms with van der Waals surface area (Å²) >= 11 is 0. The third-order valence-electron chi connectivity index (χ3n) is 7.26. The lowest BCUT2D eigenvalue weighted by Gasteiger charge is -2.47. The number of fused-ring (bicyclic) bond motifs is 1. The van der Waals surface area contributed by atoms with Gasteiger partial charge in [0.05, 0.1) is 0 Å². The SMILES string of the molecule is CC[C@H](C=C[C@@H](C)[C@H]1CC[C@H]2[C@@H](O[Si](C)(C)C)CCC[C@]12C)C(C)C. The molecule has 0 aromatic heterocycles. The molecule has 2 rings (SSSR count). The van der Waals surface area contributed by atoms with E-state index >= 15 is 0 Å². The van der Waals surface area contributed by atoms with Crippen molar-refractivity contribution >= 4 is 8.32 Å². The van der Waals surface area contributed by atoms with E-state index in [1.807, 2.05) is 0 Å². The highest BCUT2D eigenvalue weighted by Crippen LogP contribution is 2.58. The van der Waals surface area contributed by atoms with Crippen LogP contribution in [0.2, 0.25) is 19.6 Å². The van der Waals surface area contributed by atoms with Gasteiger partial charge in [-0.15, -0.1) is 0 Å². The molecule has 2 aliphatic rings. The van der Waals surface area contributed by atoms with Crippen molar-refractivity contribution in [3.05, 3.63) is 12.2 Å². The monoisotopic (exact) mass is 364 g/mol. The highest BCUT2D eigenvalue weighted by molar-refractivity contribution is 6.69. The molecule has 0 aliphatic heterocycles. The van der Waals surface area contributed by atoms with Crippen molar-refractivity contribution in [3.63, 3.8) is 0 Å². The van der Waals surface area contributed by atoms with Crippen LogP contribution in [0.5, 0.6) is 0 Å². The summed E-state index contributed by atoms with van der Waals surface area (Å²) in [6.45, 7) is 19.2. The molecule has 6 atom stereocenters. The lowest BCUT2D eigenvalue weighted by molar-refractivity contribution is -0.0135. The van der Waals surface area contributed by atoms with Crippen LogP contribution >= 0.6 is 0 Å². The van der Waals surface area contributed by atoms with E-state index in [4.69, 9.17) is 4.43 Å². The third-order valence-corrected chi connectivity index (χ3v) is 8.27. The van der Waals surface area contributed by atoms with Gasteiger partial charge in [0.25, 0.3) is 0 Å². The molecule has 0 unspecified atom stereocenters.